The van der Waals surface area contributed by atoms with Gasteiger partial charge in [0, 0.05) is 4.90 Å². The van der Waals surface area contributed by atoms with Crippen LogP contribution in [-0.4, -0.2) is 10.8 Å². The molecule has 0 aliphatic heterocycles. The maximum absolute atomic E-state index is 12.5. The van der Waals surface area contributed by atoms with Gasteiger partial charge in [0.1, 0.15) is 6.61 Å². The minimum Gasteiger partial charge on any atom is -0.459 e. The lowest BCUT2D eigenvalue weighted by molar-refractivity contribution is -0.148. The standard InChI is InChI=1S/C18H21NO2S/c1-2-13-18(19,22-16-11-7-4-8-12-16)17(20)21-14-15-9-5-3-6-10-15/h3-12H,2,13-14,19H2,1H3. The number of hydrogen-bond acceptors (Lipinski definition) is 4. The molecule has 4 heteroatoms. The molecule has 1 atom stereocenters. The molecule has 3 nitrogen and oxygen atoms in total. The maximum atomic E-state index is 12.5. The summed E-state index contributed by atoms with van der Waals surface area (Å²) < 4.78 is 5.43. The number of ether oxygens (including phenoxy) is 1. The molecular weight excluding hydrogens is 294 g/mol. The first-order chi connectivity index (χ1) is 10.6. The molecule has 2 aromatic rings. The molecule has 0 aliphatic rings. The van der Waals surface area contributed by atoms with Gasteiger partial charge in [-0.3, -0.25) is 0 Å². The van der Waals surface area contributed by atoms with Crippen LogP contribution >= 0.6 is 11.8 Å². The van der Waals surface area contributed by atoms with E-state index in [0.29, 0.717) is 6.42 Å². The van der Waals surface area contributed by atoms with Crippen LogP contribution in [0.4, 0.5) is 0 Å². The van der Waals surface area contributed by atoms with Gasteiger partial charge >= 0.3 is 5.97 Å². The van der Waals surface area contributed by atoms with Gasteiger partial charge < -0.3 is 10.5 Å². The molecule has 1 unspecified atom stereocenters. The Hall–Kier alpha value is -1.78. The topological polar surface area (TPSA) is 52.3 Å². The fourth-order valence-electron chi connectivity index (χ4n) is 2.11. The van der Waals surface area contributed by atoms with E-state index in [1.165, 1.54) is 11.8 Å². The summed E-state index contributed by atoms with van der Waals surface area (Å²) >= 11 is 1.36. The third-order valence-electron chi connectivity index (χ3n) is 3.22. The Morgan fingerprint density at radius 3 is 2.27 bits per heavy atom. The zero-order valence-electron chi connectivity index (χ0n) is 12.7. The maximum Gasteiger partial charge on any atom is 0.337 e. The second-order valence-corrected chi connectivity index (χ2v) is 6.52. The SMILES string of the molecule is CCCC(N)(Sc1ccccc1)C(=O)OCc1ccccc1. The van der Waals surface area contributed by atoms with Crippen molar-refractivity contribution >= 4 is 17.7 Å². The second kappa shape index (κ2) is 8.01. The van der Waals surface area contributed by atoms with Crippen molar-refractivity contribution in [1.29, 1.82) is 0 Å². The van der Waals surface area contributed by atoms with Crippen molar-refractivity contribution in [3.63, 3.8) is 0 Å². The van der Waals surface area contributed by atoms with Gasteiger partial charge in [-0.2, -0.15) is 0 Å². The van der Waals surface area contributed by atoms with Gasteiger partial charge in [-0.15, -0.1) is 0 Å². The molecular formula is C18H21NO2S. The molecule has 2 aromatic carbocycles. The highest BCUT2D eigenvalue weighted by Crippen LogP contribution is 2.33. The zero-order chi connectivity index (χ0) is 15.8. The Morgan fingerprint density at radius 1 is 1.09 bits per heavy atom. The molecule has 116 valence electrons. The van der Waals surface area contributed by atoms with Crippen molar-refractivity contribution in [2.45, 2.75) is 36.1 Å². The smallest absolute Gasteiger partial charge is 0.337 e. The van der Waals surface area contributed by atoms with Crippen molar-refractivity contribution in [2.24, 2.45) is 5.73 Å². The molecule has 0 heterocycles. The molecule has 22 heavy (non-hydrogen) atoms. The van der Waals surface area contributed by atoms with Crippen molar-refractivity contribution in [2.75, 3.05) is 0 Å². The third kappa shape index (κ3) is 4.61. The average Bonchev–Trinajstić information content (AvgIpc) is 2.54. The Labute approximate surface area is 135 Å². The fourth-order valence-corrected chi connectivity index (χ4v) is 3.27. The summed E-state index contributed by atoms with van der Waals surface area (Å²) in [6.45, 7) is 2.26. The van der Waals surface area contributed by atoms with Crippen molar-refractivity contribution in [1.82, 2.24) is 0 Å². The Morgan fingerprint density at radius 2 is 1.68 bits per heavy atom. The van der Waals surface area contributed by atoms with Gasteiger partial charge in [0.15, 0.2) is 4.87 Å². The zero-order valence-corrected chi connectivity index (χ0v) is 13.5. The third-order valence-corrected chi connectivity index (χ3v) is 4.47. The van der Waals surface area contributed by atoms with E-state index in [1.807, 2.05) is 67.6 Å². The summed E-state index contributed by atoms with van der Waals surface area (Å²) in [7, 11) is 0. The first-order valence-corrected chi connectivity index (χ1v) is 8.20. The molecule has 0 amide bonds. The van der Waals surface area contributed by atoms with Gasteiger partial charge in [0.05, 0.1) is 0 Å². The highest BCUT2D eigenvalue weighted by Gasteiger charge is 2.36. The number of hydrogen-bond donors (Lipinski definition) is 1. The summed E-state index contributed by atoms with van der Waals surface area (Å²) in [4.78, 5) is 12.4. The summed E-state index contributed by atoms with van der Waals surface area (Å²) in [6, 6.07) is 19.3. The van der Waals surface area contributed by atoms with Crippen LogP contribution in [0.25, 0.3) is 0 Å². The van der Waals surface area contributed by atoms with Crippen molar-refractivity contribution in [3.05, 3.63) is 66.2 Å². The van der Waals surface area contributed by atoms with E-state index in [9.17, 15) is 4.79 Å². The van der Waals surface area contributed by atoms with Gasteiger partial charge in [0.25, 0.3) is 0 Å². The normalized spacial score (nSPS) is 13.4. The van der Waals surface area contributed by atoms with E-state index in [0.717, 1.165) is 16.9 Å². The molecule has 0 aromatic heterocycles. The lowest BCUT2D eigenvalue weighted by atomic mass is 10.2. The molecule has 2 rings (SSSR count). The summed E-state index contributed by atoms with van der Waals surface area (Å²) in [5.41, 5.74) is 7.29. The van der Waals surface area contributed by atoms with Gasteiger partial charge in [-0.05, 0) is 24.1 Å². The summed E-state index contributed by atoms with van der Waals surface area (Å²) in [5.74, 6) is -0.368. The van der Waals surface area contributed by atoms with Crippen LogP contribution in [0.5, 0.6) is 0 Å². The second-order valence-electron chi connectivity index (χ2n) is 5.12. The molecule has 0 radical (unpaired) electrons. The molecule has 2 N–H and O–H groups in total. The predicted octanol–water partition coefficient (Wildman–Crippen LogP) is 3.98. The number of thioether (sulfide) groups is 1. The molecule has 0 fully saturated rings. The van der Waals surface area contributed by atoms with Gasteiger partial charge in [-0.1, -0.05) is 73.6 Å². The largest absolute Gasteiger partial charge is 0.459 e. The molecule has 0 saturated carbocycles. The van der Waals surface area contributed by atoms with Crippen LogP contribution in [-0.2, 0) is 16.1 Å². The molecule has 0 bridgehead atoms. The minimum atomic E-state index is -1.05. The summed E-state index contributed by atoms with van der Waals surface area (Å²) in [6.07, 6.45) is 1.39. The minimum absolute atomic E-state index is 0.248. The molecule has 0 saturated heterocycles. The monoisotopic (exact) mass is 315 g/mol. The van der Waals surface area contributed by atoms with Crippen LogP contribution in [0.3, 0.4) is 0 Å². The molecule has 0 spiro atoms. The number of nitrogens with two attached hydrogens (primary N) is 1. The number of esters is 1. The first-order valence-electron chi connectivity index (χ1n) is 7.38. The van der Waals surface area contributed by atoms with Crippen LogP contribution in [0.15, 0.2) is 65.6 Å². The van der Waals surface area contributed by atoms with Crippen LogP contribution < -0.4 is 5.73 Å². The van der Waals surface area contributed by atoms with E-state index in [-0.39, 0.29) is 12.6 Å². The van der Waals surface area contributed by atoms with Crippen LogP contribution in [0.2, 0.25) is 0 Å². The average molecular weight is 315 g/mol. The lowest BCUT2D eigenvalue weighted by Crippen LogP contribution is -2.45. The Bertz CT molecular complexity index is 589. The van der Waals surface area contributed by atoms with E-state index in [2.05, 4.69) is 0 Å². The quantitative estimate of drug-likeness (QED) is 0.477. The van der Waals surface area contributed by atoms with Crippen molar-refractivity contribution < 1.29 is 9.53 Å². The van der Waals surface area contributed by atoms with Gasteiger partial charge in [-0.25, -0.2) is 4.79 Å². The number of rotatable bonds is 7. The molecule has 0 aliphatic carbocycles. The summed E-state index contributed by atoms with van der Waals surface area (Å²) in [5, 5.41) is 0. The fraction of sp³-hybridized carbons (Fsp3) is 0.278. The highest BCUT2D eigenvalue weighted by atomic mass is 32.2. The predicted molar refractivity (Wildman–Crippen MR) is 90.4 cm³/mol. The van der Waals surface area contributed by atoms with Crippen molar-refractivity contribution in [3.8, 4) is 0 Å². The van der Waals surface area contributed by atoms with E-state index >= 15 is 0 Å². The van der Waals surface area contributed by atoms with E-state index in [4.69, 9.17) is 10.5 Å². The highest BCUT2D eigenvalue weighted by molar-refractivity contribution is 8.01. The van der Waals surface area contributed by atoms with Gasteiger partial charge in [0.2, 0.25) is 0 Å². The number of benzene rings is 2. The van der Waals surface area contributed by atoms with E-state index < -0.39 is 4.87 Å². The lowest BCUT2D eigenvalue weighted by Gasteiger charge is -2.26. The number of carbonyl (C=O) groups is 1. The van der Waals surface area contributed by atoms with Crippen LogP contribution in [0.1, 0.15) is 25.3 Å². The first kappa shape index (κ1) is 16.6. The Kier molecular flexibility index (Phi) is 6.04. The van der Waals surface area contributed by atoms with E-state index in [1.54, 1.807) is 0 Å². The Balaban J connectivity index is 2.03. The van der Waals surface area contributed by atoms with Crippen LogP contribution in [0, 0.1) is 0 Å². The number of carbonyl (C=O) groups excluding carboxylic acids is 1.